The van der Waals surface area contributed by atoms with E-state index in [1.54, 1.807) is 0 Å². The van der Waals surface area contributed by atoms with Crippen LogP contribution in [0.3, 0.4) is 0 Å². The molecule has 0 saturated heterocycles. The summed E-state index contributed by atoms with van der Waals surface area (Å²) in [5, 5.41) is 22.2. The minimum absolute atomic E-state index is 0. The molecule has 0 aromatic heterocycles. The van der Waals surface area contributed by atoms with Crippen molar-refractivity contribution in [2.24, 2.45) is 0 Å². The maximum Gasteiger partial charge on any atom is 2.00 e. The fourth-order valence-electron chi connectivity index (χ4n) is 5.27. The first-order valence-corrected chi connectivity index (χ1v) is 16.5. The van der Waals surface area contributed by atoms with Crippen molar-refractivity contribution in [3.63, 3.8) is 0 Å². The van der Waals surface area contributed by atoms with Gasteiger partial charge in [-0.25, -0.2) is 0 Å². The molecular weight excluding hydrogens is 608 g/mol. The van der Waals surface area contributed by atoms with Crippen LogP contribution in [0.25, 0.3) is 0 Å². The zero-order valence-corrected chi connectivity index (χ0v) is 29.5. The molecule has 4 aromatic carbocycles. The van der Waals surface area contributed by atoms with Gasteiger partial charge in [-0.3, -0.25) is 0 Å². The quantitative estimate of drug-likeness (QED) is 0.167. The van der Waals surface area contributed by atoms with Crippen molar-refractivity contribution in [2.45, 2.75) is 63.6 Å². The van der Waals surface area contributed by atoms with E-state index in [-0.39, 0.29) is 21.7 Å². The van der Waals surface area contributed by atoms with E-state index < -0.39 is 11.2 Å². The molecule has 0 atom stereocenters. The molecule has 0 heterocycles. The van der Waals surface area contributed by atoms with E-state index in [1.165, 1.54) is 0 Å². The summed E-state index contributed by atoms with van der Waals surface area (Å²) in [6.07, 6.45) is 25.7. The van der Waals surface area contributed by atoms with E-state index in [1.807, 2.05) is 186 Å². The standard InChI is InChI=1S/2C17H20O.2C5H5.Ti/c2*1-2-3-14-17(18,15-10-6-4-7-11-15)16-12-8-5-9-13-16;2*1-2-4-5-3-1;/h2*4-13,18H,2-3,14H2,1H3;2*1-5H;/q;;;;+2. The number of benzene rings is 4. The van der Waals surface area contributed by atoms with Gasteiger partial charge in [0.2, 0.25) is 0 Å². The summed E-state index contributed by atoms with van der Waals surface area (Å²) in [6.45, 7) is 4.30. The third-order valence-corrected chi connectivity index (χ3v) is 7.90. The zero-order valence-electron chi connectivity index (χ0n) is 28.0. The second kappa shape index (κ2) is 23.8. The van der Waals surface area contributed by atoms with Gasteiger partial charge in [-0.05, 0) is 99.3 Å². The molecule has 0 aliphatic heterocycles. The predicted molar refractivity (Wildman–Crippen MR) is 194 cm³/mol. The molecular formula is C44H50O2Ti+2. The number of rotatable bonds is 10. The minimum atomic E-state index is -0.863. The number of unbranched alkanes of at least 4 members (excludes halogenated alkanes) is 2. The normalized spacial score (nSPS) is 13.9. The van der Waals surface area contributed by atoms with Gasteiger partial charge in [-0.2, -0.15) is 0 Å². The molecule has 6 rings (SSSR count). The molecule has 10 radical (unpaired) electrons. The van der Waals surface area contributed by atoms with Crippen molar-refractivity contribution in [3.05, 3.63) is 208 Å². The van der Waals surface area contributed by atoms with Crippen LogP contribution in [0.15, 0.2) is 121 Å². The van der Waals surface area contributed by atoms with Crippen LogP contribution in [0.2, 0.25) is 0 Å². The van der Waals surface area contributed by atoms with Gasteiger partial charge in [-0.1, -0.05) is 161 Å². The third-order valence-electron chi connectivity index (χ3n) is 7.90. The molecule has 2 nitrogen and oxygen atoms in total. The van der Waals surface area contributed by atoms with E-state index in [0.29, 0.717) is 0 Å². The summed E-state index contributed by atoms with van der Waals surface area (Å²) in [4.78, 5) is 0. The van der Waals surface area contributed by atoms with Crippen LogP contribution in [-0.4, -0.2) is 10.2 Å². The first kappa shape index (κ1) is 40.7. The Balaban J connectivity index is 0.000000248. The van der Waals surface area contributed by atoms with Crippen molar-refractivity contribution in [1.29, 1.82) is 0 Å². The van der Waals surface area contributed by atoms with Crippen LogP contribution in [0.1, 0.15) is 74.6 Å². The van der Waals surface area contributed by atoms with Crippen LogP contribution in [0.5, 0.6) is 0 Å². The second-order valence-corrected chi connectivity index (χ2v) is 11.3. The van der Waals surface area contributed by atoms with Crippen LogP contribution in [0.4, 0.5) is 0 Å². The van der Waals surface area contributed by atoms with Crippen LogP contribution in [0, 0.1) is 64.2 Å². The maximum absolute atomic E-state index is 11.1. The summed E-state index contributed by atoms with van der Waals surface area (Å²) in [5.41, 5.74) is 2.18. The van der Waals surface area contributed by atoms with Crippen molar-refractivity contribution >= 4 is 0 Å². The maximum atomic E-state index is 11.1. The summed E-state index contributed by atoms with van der Waals surface area (Å²) in [6, 6.07) is 39.8. The summed E-state index contributed by atoms with van der Waals surface area (Å²) in [5.74, 6) is 0. The predicted octanol–water partition coefficient (Wildman–Crippen LogP) is 10.3. The van der Waals surface area contributed by atoms with Crippen molar-refractivity contribution < 1.29 is 31.9 Å². The molecule has 0 amide bonds. The van der Waals surface area contributed by atoms with Gasteiger partial charge >= 0.3 is 21.7 Å². The summed E-state index contributed by atoms with van der Waals surface area (Å²) in [7, 11) is 0. The van der Waals surface area contributed by atoms with E-state index in [2.05, 4.69) is 13.8 Å². The van der Waals surface area contributed by atoms with Crippen LogP contribution < -0.4 is 0 Å². The van der Waals surface area contributed by atoms with Gasteiger partial charge in [-0.15, -0.1) is 0 Å². The van der Waals surface area contributed by atoms with Crippen LogP contribution in [-0.2, 0) is 32.9 Å². The van der Waals surface area contributed by atoms with Crippen molar-refractivity contribution in [2.75, 3.05) is 0 Å². The smallest absolute Gasteiger partial charge is 0.380 e. The Bertz CT molecular complexity index is 1070. The largest absolute Gasteiger partial charge is 2.00 e. The van der Waals surface area contributed by atoms with Crippen molar-refractivity contribution in [3.8, 4) is 0 Å². The molecule has 2 fully saturated rings. The van der Waals surface area contributed by atoms with E-state index in [4.69, 9.17) is 0 Å². The zero-order chi connectivity index (χ0) is 32.8. The molecule has 240 valence electrons. The van der Waals surface area contributed by atoms with E-state index in [9.17, 15) is 10.2 Å². The molecule has 0 spiro atoms. The number of hydrogen-bond donors (Lipinski definition) is 2. The molecule has 2 aliphatic rings. The van der Waals surface area contributed by atoms with Crippen LogP contribution >= 0.6 is 0 Å². The van der Waals surface area contributed by atoms with Gasteiger partial charge in [0.15, 0.2) is 0 Å². The fraction of sp³-hybridized carbons (Fsp3) is 0.227. The molecule has 2 aliphatic carbocycles. The van der Waals surface area contributed by atoms with Gasteiger partial charge < -0.3 is 10.2 Å². The molecule has 4 aromatic rings. The summed E-state index contributed by atoms with van der Waals surface area (Å²) < 4.78 is 0. The Labute approximate surface area is 302 Å². The van der Waals surface area contributed by atoms with Gasteiger partial charge in [0, 0.05) is 0 Å². The first-order valence-electron chi connectivity index (χ1n) is 16.5. The Morgan fingerprint density at radius 1 is 0.362 bits per heavy atom. The van der Waals surface area contributed by atoms with Gasteiger partial charge in [0.05, 0.1) is 0 Å². The molecule has 0 unspecified atom stereocenters. The minimum Gasteiger partial charge on any atom is -0.380 e. The third kappa shape index (κ3) is 13.9. The van der Waals surface area contributed by atoms with Gasteiger partial charge in [0.25, 0.3) is 0 Å². The summed E-state index contributed by atoms with van der Waals surface area (Å²) >= 11 is 0. The SMILES string of the molecule is CCCCC(O)(c1ccccc1)c1ccccc1.CCCCC(O)(c1ccccc1)c1ccccc1.[CH]1[CH][CH][CH][CH]1.[CH]1[CH][CH][CH][CH]1.[Ti+2]. The molecule has 3 heteroatoms. The second-order valence-electron chi connectivity index (χ2n) is 11.3. The Morgan fingerprint density at radius 3 is 0.723 bits per heavy atom. The topological polar surface area (TPSA) is 40.5 Å². The molecule has 47 heavy (non-hydrogen) atoms. The number of hydrogen-bond acceptors (Lipinski definition) is 2. The average molecular weight is 659 g/mol. The van der Waals surface area contributed by atoms with Gasteiger partial charge in [0.1, 0.15) is 11.2 Å². The number of aliphatic hydroxyl groups is 2. The monoisotopic (exact) mass is 658 g/mol. The Kier molecular flexibility index (Phi) is 20.6. The molecule has 2 saturated carbocycles. The Morgan fingerprint density at radius 2 is 0.553 bits per heavy atom. The first-order chi connectivity index (χ1) is 22.5. The van der Waals surface area contributed by atoms with E-state index in [0.717, 1.165) is 60.8 Å². The Hall–Kier alpha value is -2.49. The average Bonchev–Trinajstić information content (AvgIpc) is 3.92. The van der Waals surface area contributed by atoms with E-state index >= 15 is 0 Å². The fourth-order valence-corrected chi connectivity index (χ4v) is 5.27. The molecule has 0 bridgehead atoms. The molecule has 2 N–H and O–H groups in total. The van der Waals surface area contributed by atoms with Crippen molar-refractivity contribution in [1.82, 2.24) is 0 Å².